The summed E-state index contributed by atoms with van der Waals surface area (Å²) in [6.45, 7) is 6.34. The van der Waals surface area contributed by atoms with Crippen LogP contribution >= 0.6 is 0 Å². The molecule has 0 N–H and O–H groups in total. The van der Waals surface area contributed by atoms with Gasteiger partial charge in [-0.2, -0.15) is 5.10 Å². The van der Waals surface area contributed by atoms with Gasteiger partial charge in [-0.1, -0.05) is 0 Å². The van der Waals surface area contributed by atoms with Crippen molar-refractivity contribution in [3.8, 4) is 0 Å². The van der Waals surface area contributed by atoms with Gasteiger partial charge in [-0.15, -0.1) is 0 Å². The monoisotopic (exact) mass is 174 g/mol. The van der Waals surface area contributed by atoms with Crippen LogP contribution in [0.1, 0.15) is 6.92 Å². The van der Waals surface area contributed by atoms with Crippen LogP contribution < -0.4 is 0 Å². The highest BCUT2D eigenvalue weighted by molar-refractivity contribution is 5.79. The lowest BCUT2D eigenvalue weighted by Gasteiger charge is -1.97. The number of hydrogen-bond acceptors (Lipinski definition) is 3. The van der Waals surface area contributed by atoms with E-state index in [0.29, 0.717) is 5.82 Å². The highest BCUT2D eigenvalue weighted by Crippen LogP contribution is 2.17. The molecule has 0 aromatic carbocycles. The highest BCUT2D eigenvalue weighted by atomic mass is 15.3. The fraction of sp³-hybridized carbons (Fsp3) is 0.222. The summed E-state index contributed by atoms with van der Waals surface area (Å²) < 4.78 is 1.91. The van der Waals surface area contributed by atoms with E-state index in [2.05, 4.69) is 21.8 Å². The highest BCUT2D eigenvalue weighted by Gasteiger charge is 2.01. The molecule has 0 aliphatic rings. The van der Waals surface area contributed by atoms with Crippen LogP contribution in [0.4, 0.5) is 5.82 Å². The lowest BCUT2D eigenvalue weighted by molar-refractivity contribution is 0.684. The molecule has 0 saturated carbocycles. The second-order valence-electron chi connectivity index (χ2n) is 2.72. The van der Waals surface area contributed by atoms with E-state index in [-0.39, 0.29) is 0 Å². The van der Waals surface area contributed by atoms with E-state index in [1.54, 1.807) is 12.4 Å². The summed E-state index contributed by atoms with van der Waals surface area (Å²) in [5.74, 6) is 0.641. The van der Waals surface area contributed by atoms with Crippen molar-refractivity contribution in [2.45, 2.75) is 13.5 Å². The zero-order valence-electron chi connectivity index (χ0n) is 7.44. The maximum Gasteiger partial charge on any atom is 0.153 e. The molecule has 0 amide bonds. The predicted octanol–water partition coefficient (Wildman–Crippen LogP) is 1.78. The topological polar surface area (TPSA) is 43.1 Å². The number of aliphatic imine (C=N–C) groups is 1. The molecule has 2 aromatic heterocycles. The summed E-state index contributed by atoms with van der Waals surface area (Å²) in [7, 11) is 0. The third-order valence-electron chi connectivity index (χ3n) is 1.97. The van der Waals surface area contributed by atoms with Gasteiger partial charge in [0.25, 0.3) is 0 Å². The van der Waals surface area contributed by atoms with Crippen molar-refractivity contribution in [2.75, 3.05) is 0 Å². The average Bonchev–Trinajstić information content (AvgIpc) is 2.59. The van der Waals surface area contributed by atoms with Crippen molar-refractivity contribution in [2.24, 2.45) is 4.99 Å². The van der Waals surface area contributed by atoms with Gasteiger partial charge in [-0.3, -0.25) is 4.68 Å². The fourth-order valence-corrected chi connectivity index (χ4v) is 1.30. The number of hydrogen-bond donors (Lipinski definition) is 0. The Labute approximate surface area is 75.9 Å². The van der Waals surface area contributed by atoms with Gasteiger partial charge >= 0.3 is 0 Å². The predicted molar refractivity (Wildman–Crippen MR) is 52.4 cm³/mol. The summed E-state index contributed by atoms with van der Waals surface area (Å²) in [6, 6.07) is 1.89. The van der Waals surface area contributed by atoms with Crippen molar-refractivity contribution in [1.29, 1.82) is 0 Å². The first-order valence-corrected chi connectivity index (χ1v) is 4.13. The van der Waals surface area contributed by atoms with Crippen LogP contribution in [0, 0.1) is 0 Å². The van der Waals surface area contributed by atoms with E-state index < -0.39 is 0 Å². The zero-order valence-corrected chi connectivity index (χ0v) is 7.44. The third kappa shape index (κ3) is 1.20. The zero-order chi connectivity index (χ0) is 9.26. The van der Waals surface area contributed by atoms with Crippen LogP contribution in [0.5, 0.6) is 0 Å². The van der Waals surface area contributed by atoms with Gasteiger partial charge in [0.05, 0.1) is 11.7 Å². The minimum Gasteiger partial charge on any atom is -0.265 e. The second kappa shape index (κ2) is 2.97. The van der Waals surface area contributed by atoms with E-state index in [1.807, 2.05) is 17.7 Å². The molecule has 0 saturated heterocycles. The molecular formula is C9H10N4. The number of aryl methyl sites for hydroxylation is 1. The molecule has 0 bridgehead atoms. The largest absolute Gasteiger partial charge is 0.265 e. The Balaban J connectivity index is 2.71. The van der Waals surface area contributed by atoms with Gasteiger partial charge in [0.2, 0.25) is 0 Å². The van der Waals surface area contributed by atoms with Gasteiger partial charge in [-0.05, 0) is 13.6 Å². The molecule has 0 aliphatic carbocycles. The Hall–Kier alpha value is -1.71. The van der Waals surface area contributed by atoms with Gasteiger partial charge < -0.3 is 0 Å². The van der Waals surface area contributed by atoms with E-state index in [0.717, 1.165) is 17.4 Å². The van der Waals surface area contributed by atoms with Gasteiger partial charge in [0.1, 0.15) is 0 Å². The first-order chi connectivity index (χ1) is 6.35. The summed E-state index contributed by atoms with van der Waals surface area (Å²) in [5, 5.41) is 5.24. The normalized spacial score (nSPS) is 10.5. The molecule has 0 spiro atoms. The van der Waals surface area contributed by atoms with Gasteiger partial charge in [0.15, 0.2) is 5.82 Å². The molecule has 4 nitrogen and oxygen atoms in total. The summed E-state index contributed by atoms with van der Waals surface area (Å²) in [6.07, 6.45) is 3.57. The van der Waals surface area contributed by atoms with Crippen LogP contribution in [0.3, 0.4) is 0 Å². The molecule has 0 atom stereocenters. The number of aromatic nitrogens is 3. The molecule has 0 fully saturated rings. The summed E-state index contributed by atoms with van der Waals surface area (Å²) in [4.78, 5) is 7.86. The number of fused-ring (bicyclic) bond motifs is 1. The quantitative estimate of drug-likeness (QED) is 0.651. The first-order valence-electron chi connectivity index (χ1n) is 4.13. The Morgan fingerprint density at radius 1 is 1.54 bits per heavy atom. The van der Waals surface area contributed by atoms with Crippen LogP contribution in [0.25, 0.3) is 10.9 Å². The van der Waals surface area contributed by atoms with Crippen molar-refractivity contribution in [1.82, 2.24) is 14.8 Å². The van der Waals surface area contributed by atoms with Crippen molar-refractivity contribution >= 4 is 23.4 Å². The van der Waals surface area contributed by atoms with Gasteiger partial charge in [-0.25, -0.2) is 9.98 Å². The second-order valence-corrected chi connectivity index (χ2v) is 2.72. The van der Waals surface area contributed by atoms with Crippen LogP contribution in [-0.4, -0.2) is 21.5 Å². The lowest BCUT2D eigenvalue weighted by Crippen LogP contribution is -1.94. The number of rotatable bonds is 2. The molecular weight excluding hydrogens is 164 g/mol. The molecule has 0 aliphatic heterocycles. The first kappa shape index (κ1) is 7.91. The molecule has 66 valence electrons. The van der Waals surface area contributed by atoms with Crippen molar-refractivity contribution in [3.05, 3.63) is 18.5 Å². The smallest absolute Gasteiger partial charge is 0.153 e. The Morgan fingerprint density at radius 3 is 3.08 bits per heavy atom. The molecule has 0 radical (unpaired) electrons. The summed E-state index contributed by atoms with van der Waals surface area (Å²) in [5.41, 5.74) is 1.06. The van der Waals surface area contributed by atoms with Crippen molar-refractivity contribution < 1.29 is 0 Å². The molecule has 2 heterocycles. The molecule has 4 heteroatoms. The molecule has 0 unspecified atom stereocenters. The minimum absolute atomic E-state index is 0.641. The van der Waals surface area contributed by atoms with Crippen LogP contribution in [-0.2, 0) is 6.54 Å². The third-order valence-corrected chi connectivity index (χ3v) is 1.97. The maximum absolute atomic E-state index is 4.20. The average molecular weight is 174 g/mol. The Kier molecular flexibility index (Phi) is 1.81. The van der Waals surface area contributed by atoms with E-state index >= 15 is 0 Å². The maximum atomic E-state index is 4.20. The Morgan fingerprint density at radius 2 is 2.38 bits per heavy atom. The minimum atomic E-state index is 0.641. The standard InChI is InChI=1S/C9H10N4/c1-3-13-8-4-9(10-2)11-5-7(8)6-12-13/h4-6H,2-3H2,1H3. The molecule has 2 rings (SSSR count). The SMILES string of the molecule is C=Nc1cc2c(cn1)cnn2CC. The van der Waals surface area contributed by atoms with Crippen LogP contribution in [0.15, 0.2) is 23.5 Å². The Bertz CT molecular complexity index is 444. The molecule has 13 heavy (non-hydrogen) atoms. The lowest BCUT2D eigenvalue weighted by atomic mass is 10.3. The van der Waals surface area contributed by atoms with E-state index in [9.17, 15) is 0 Å². The van der Waals surface area contributed by atoms with Gasteiger partial charge in [0, 0.05) is 24.2 Å². The number of nitrogens with zero attached hydrogens (tertiary/aromatic N) is 4. The fourth-order valence-electron chi connectivity index (χ4n) is 1.30. The summed E-state index contributed by atoms with van der Waals surface area (Å²) >= 11 is 0. The van der Waals surface area contributed by atoms with E-state index in [4.69, 9.17) is 0 Å². The number of pyridine rings is 1. The molecule has 2 aromatic rings. The van der Waals surface area contributed by atoms with Crippen molar-refractivity contribution in [3.63, 3.8) is 0 Å². The van der Waals surface area contributed by atoms with Crippen LogP contribution in [0.2, 0.25) is 0 Å². The van der Waals surface area contributed by atoms with E-state index in [1.165, 1.54) is 0 Å².